The van der Waals surface area contributed by atoms with Gasteiger partial charge in [0.05, 0.1) is 12.2 Å². The summed E-state index contributed by atoms with van der Waals surface area (Å²) >= 11 is 0. The fraction of sp³-hybridized carbons (Fsp3) is 0.688. The SMILES string of the molecule is CN=C(NCCNC(=O)CC1CCCC1)NCc1ccnn1C. The van der Waals surface area contributed by atoms with E-state index in [9.17, 15) is 4.79 Å². The van der Waals surface area contributed by atoms with Gasteiger partial charge in [-0.25, -0.2) is 0 Å². The molecule has 1 aliphatic rings. The first-order chi connectivity index (χ1) is 11.2. The van der Waals surface area contributed by atoms with Crippen LogP contribution >= 0.6 is 0 Å². The lowest BCUT2D eigenvalue weighted by Crippen LogP contribution is -2.41. The van der Waals surface area contributed by atoms with E-state index in [0.717, 1.165) is 11.7 Å². The molecule has 1 heterocycles. The number of aliphatic imine (C=N–C) groups is 1. The van der Waals surface area contributed by atoms with E-state index >= 15 is 0 Å². The average molecular weight is 320 g/mol. The highest BCUT2D eigenvalue weighted by atomic mass is 16.1. The second kappa shape index (κ2) is 9.17. The Labute approximate surface area is 137 Å². The Morgan fingerprint density at radius 2 is 2.04 bits per heavy atom. The molecule has 0 bridgehead atoms. The van der Waals surface area contributed by atoms with Gasteiger partial charge in [-0.1, -0.05) is 12.8 Å². The van der Waals surface area contributed by atoms with Crippen LogP contribution < -0.4 is 16.0 Å². The van der Waals surface area contributed by atoms with Crippen LogP contribution in [-0.4, -0.2) is 41.8 Å². The van der Waals surface area contributed by atoms with Crippen molar-refractivity contribution in [1.29, 1.82) is 0 Å². The molecular formula is C16H28N6O. The maximum Gasteiger partial charge on any atom is 0.220 e. The third kappa shape index (κ3) is 5.92. The Bertz CT molecular complexity index is 518. The third-order valence-corrected chi connectivity index (χ3v) is 4.27. The van der Waals surface area contributed by atoms with Crippen molar-refractivity contribution in [3.05, 3.63) is 18.0 Å². The molecule has 3 N–H and O–H groups in total. The first kappa shape index (κ1) is 17.3. The predicted molar refractivity (Wildman–Crippen MR) is 91.0 cm³/mol. The Balaban J connectivity index is 1.58. The second-order valence-corrected chi connectivity index (χ2v) is 6.00. The molecule has 1 amide bonds. The summed E-state index contributed by atoms with van der Waals surface area (Å²) in [5.41, 5.74) is 1.08. The van der Waals surface area contributed by atoms with E-state index in [0.29, 0.717) is 32.0 Å². The van der Waals surface area contributed by atoms with Crippen LogP contribution in [0.5, 0.6) is 0 Å². The zero-order chi connectivity index (χ0) is 16.5. The summed E-state index contributed by atoms with van der Waals surface area (Å²) in [6.07, 6.45) is 7.41. The minimum Gasteiger partial charge on any atom is -0.355 e. The molecule has 1 saturated carbocycles. The summed E-state index contributed by atoms with van der Waals surface area (Å²) in [6.45, 7) is 1.92. The molecule has 0 aromatic carbocycles. The first-order valence-corrected chi connectivity index (χ1v) is 8.37. The van der Waals surface area contributed by atoms with Crippen molar-refractivity contribution >= 4 is 11.9 Å². The molecule has 0 unspecified atom stereocenters. The highest BCUT2D eigenvalue weighted by Gasteiger charge is 2.17. The summed E-state index contributed by atoms with van der Waals surface area (Å²) < 4.78 is 1.82. The molecule has 0 saturated heterocycles. The lowest BCUT2D eigenvalue weighted by Gasteiger charge is -2.13. The Hall–Kier alpha value is -2.05. The molecule has 0 atom stereocenters. The van der Waals surface area contributed by atoms with E-state index in [-0.39, 0.29) is 5.91 Å². The van der Waals surface area contributed by atoms with Crippen molar-refractivity contribution in [2.45, 2.75) is 38.6 Å². The highest BCUT2D eigenvalue weighted by molar-refractivity contribution is 5.79. The van der Waals surface area contributed by atoms with Crippen LogP contribution in [0.3, 0.4) is 0 Å². The van der Waals surface area contributed by atoms with E-state index in [1.54, 1.807) is 13.2 Å². The van der Waals surface area contributed by atoms with Crippen molar-refractivity contribution in [2.75, 3.05) is 20.1 Å². The van der Waals surface area contributed by atoms with Gasteiger partial charge in [0, 0.05) is 39.8 Å². The van der Waals surface area contributed by atoms with Crippen molar-refractivity contribution in [3.8, 4) is 0 Å². The number of amides is 1. The van der Waals surface area contributed by atoms with Crippen molar-refractivity contribution in [1.82, 2.24) is 25.7 Å². The van der Waals surface area contributed by atoms with E-state index in [1.165, 1.54) is 25.7 Å². The summed E-state index contributed by atoms with van der Waals surface area (Å²) in [5, 5.41) is 13.5. The summed E-state index contributed by atoms with van der Waals surface area (Å²) in [7, 11) is 3.64. The number of carbonyl (C=O) groups is 1. The number of rotatable bonds is 7. The number of hydrogen-bond donors (Lipinski definition) is 3. The molecule has 0 radical (unpaired) electrons. The van der Waals surface area contributed by atoms with E-state index in [2.05, 4.69) is 26.0 Å². The minimum atomic E-state index is 0.163. The second-order valence-electron chi connectivity index (χ2n) is 6.00. The molecule has 0 aliphatic heterocycles. The van der Waals surface area contributed by atoms with Gasteiger partial charge in [0.15, 0.2) is 5.96 Å². The number of nitrogens with zero attached hydrogens (tertiary/aromatic N) is 3. The Kier molecular flexibility index (Phi) is 6.90. The molecule has 2 rings (SSSR count). The molecule has 1 aromatic rings. The first-order valence-electron chi connectivity index (χ1n) is 8.37. The van der Waals surface area contributed by atoms with Crippen LogP contribution in [-0.2, 0) is 18.4 Å². The van der Waals surface area contributed by atoms with E-state index in [4.69, 9.17) is 0 Å². The normalized spacial score (nSPS) is 15.7. The molecule has 23 heavy (non-hydrogen) atoms. The summed E-state index contributed by atoms with van der Waals surface area (Å²) in [4.78, 5) is 16.0. The number of guanidine groups is 1. The maximum absolute atomic E-state index is 11.8. The van der Waals surface area contributed by atoms with Gasteiger partial charge < -0.3 is 16.0 Å². The van der Waals surface area contributed by atoms with Gasteiger partial charge in [0.2, 0.25) is 5.91 Å². The smallest absolute Gasteiger partial charge is 0.220 e. The number of carbonyl (C=O) groups excluding carboxylic acids is 1. The van der Waals surface area contributed by atoms with Crippen LogP contribution in [0, 0.1) is 5.92 Å². The summed E-state index contributed by atoms with van der Waals surface area (Å²) in [6, 6.07) is 1.96. The monoisotopic (exact) mass is 320 g/mol. The molecule has 1 aliphatic carbocycles. The van der Waals surface area contributed by atoms with Gasteiger partial charge in [0.1, 0.15) is 0 Å². The fourth-order valence-corrected chi connectivity index (χ4v) is 2.90. The van der Waals surface area contributed by atoms with Crippen LogP contribution in [0.25, 0.3) is 0 Å². The topological polar surface area (TPSA) is 83.3 Å². The minimum absolute atomic E-state index is 0.163. The zero-order valence-electron chi connectivity index (χ0n) is 14.1. The van der Waals surface area contributed by atoms with E-state index < -0.39 is 0 Å². The van der Waals surface area contributed by atoms with Crippen molar-refractivity contribution in [3.63, 3.8) is 0 Å². The number of aryl methyl sites for hydroxylation is 1. The molecule has 7 nitrogen and oxygen atoms in total. The zero-order valence-corrected chi connectivity index (χ0v) is 14.1. The maximum atomic E-state index is 11.8. The van der Waals surface area contributed by atoms with Crippen LogP contribution in [0.1, 0.15) is 37.8 Å². The molecule has 1 aromatic heterocycles. The molecule has 7 heteroatoms. The molecule has 1 fully saturated rings. The Morgan fingerprint density at radius 1 is 1.30 bits per heavy atom. The van der Waals surface area contributed by atoms with Crippen LogP contribution in [0.4, 0.5) is 0 Å². The van der Waals surface area contributed by atoms with Gasteiger partial charge in [-0.05, 0) is 24.8 Å². The van der Waals surface area contributed by atoms with Crippen LogP contribution in [0.15, 0.2) is 17.3 Å². The van der Waals surface area contributed by atoms with Gasteiger partial charge in [-0.2, -0.15) is 5.10 Å². The van der Waals surface area contributed by atoms with Gasteiger partial charge in [-0.3, -0.25) is 14.5 Å². The molecule has 128 valence electrons. The quantitative estimate of drug-likeness (QED) is 0.394. The van der Waals surface area contributed by atoms with E-state index in [1.807, 2.05) is 17.8 Å². The number of hydrogen-bond acceptors (Lipinski definition) is 3. The van der Waals surface area contributed by atoms with Gasteiger partial charge in [-0.15, -0.1) is 0 Å². The largest absolute Gasteiger partial charge is 0.355 e. The predicted octanol–water partition coefficient (Wildman–Crippen LogP) is 0.782. The number of nitrogens with one attached hydrogen (secondary N) is 3. The third-order valence-electron chi connectivity index (χ3n) is 4.27. The van der Waals surface area contributed by atoms with Gasteiger partial charge >= 0.3 is 0 Å². The Morgan fingerprint density at radius 3 is 2.70 bits per heavy atom. The lowest BCUT2D eigenvalue weighted by atomic mass is 10.0. The molecule has 0 spiro atoms. The van der Waals surface area contributed by atoms with Crippen molar-refractivity contribution < 1.29 is 4.79 Å². The lowest BCUT2D eigenvalue weighted by molar-refractivity contribution is -0.121. The number of aromatic nitrogens is 2. The fourth-order valence-electron chi connectivity index (χ4n) is 2.90. The molecular weight excluding hydrogens is 292 g/mol. The van der Waals surface area contributed by atoms with Crippen molar-refractivity contribution in [2.24, 2.45) is 18.0 Å². The highest BCUT2D eigenvalue weighted by Crippen LogP contribution is 2.27. The van der Waals surface area contributed by atoms with Gasteiger partial charge in [0.25, 0.3) is 0 Å². The van der Waals surface area contributed by atoms with Crippen LogP contribution in [0.2, 0.25) is 0 Å². The standard InChI is InChI=1S/C16H28N6O/c1-17-16(20-12-14-7-8-21-22(14)2)19-10-9-18-15(23)11-13-5-3-4-6-13/h7-8,13H,3-6,9-12H2,1-2H3,(H,18,23)(H2,17,19,20). The summed E-state index contributed by atoms with van der Waals surface area (Å²) in [5.74, 6) is 1.48. The average Bonchev–Trinajstić information content (AvgIpc) is 3.18.